The van der Waals surface area contributed by atoms with Crippen molar-refractivity contribution in [1.29, 1.82) is 0 Å². The van der Waals surface area contributed by atoms with Crippen LogP contribution < -0.4 is 10.6 Å². The van der Waals surface area contributed by atoms with Crippen LogP contribution in [0.3, 0.4) is 0 Å². The third-order valence-corrected chi connectivity index (χ3v) is 5.22. The molecule has 0 aliphatic heterocycles. The maximum absolute atomic E-state index is 13.2. The van der Waals surface area contributed by atoms with Crippen molar-refractivity contribution in [2.75, 3.05) is 11.9 Å². The van der Waals surface area contributed by atoms with E-state index in [-0.39, 0.29) is 11.8 Å². The highest BCUT2D eigenvalue weighted by Crippen LogP contribution is 2.22. The van der Waals surface area contributed by atoms with Crippen molar-refractivity contribution in [3.05, 3.63) is 108 Å². The van der Waals surface area contributed by atoms with E-state index in [9.17, 15) is 4.79 Å². The average Bonchev–Trinajstić information content (AvgIpc) is 2.78. The van der Waals surface area contributed by atoms with E-state index >= 15 is 0 Å². The van der Waals surface area contributed by atoms with Gasteiger partial charge in [0, 0.05) is 36.6 Å². The molecule has 2 N–H and O–H groups in total. The van der Waals surface area contributed by atoms with Crippen LogP contribution in [-0.4, -0.2) is 17.4 Å². The summed E-state index contributed by atoms with van der Waals surface area (Å²) in [6.45, 7) is 3.33. The molecule has 1 atom stereocenters. The molecule has 0 radical (unpaired) electrons. The topological polar surface area (TPSA) is 54.0 Å². The molecule has 1 aromatic heterocycles. The predicted octanol–water partition coefficient (Wildman–Crippen LogP) is 5.06. The van der Waals surface area contributed by atoms with Gasteiger partial charge in [0.15, 0.2) is 0 Å². The molecule has 1 amide bonds. The second-order valence-corrected chi connectivity index (χ2v) is 7.51. The fourth-order valence-corrected chi connectivity index (χ4v) is 3.51. The molecule has 4 aromatic rings. The Morgan fingerprint density at radius 2 is 1.73 bits per heavy atom. The van der Waals surface area contributed by atoms with E-state index in [2.05, 4.69) is 46.8 Å². The van der Waals surface area contributed by atoms with Crippen molar-refractivity contribution in [3.63, 3.8) is 0 Å². The zero-order valence-corrected chi connectivity index (χ0v) is 17.0. The van der Waals surface area contributed by atoms with Gasteiger partial charge in [-0.3, -0.25) is 9.78 Å². The average molecular weight is 396 g/mol. The van der Waals surface area contributed by atoms with Gasteiger partial charge in [0.05, 0.1) is 5.92 Å². The quantitative estimate of drug-likeness (QED) is 0.460. The van der Waals surface area contributed by atoms with Gasteiger partial charge in [0.2, 0.25) is 5.91 Å². The van der Waals surface area contributed by atoms with Gasteiger partial charge in [-0.15, -0.1) is 0 Å². The minimum absolute atomic E-state index is 0.0205. The lowest BCUT2D eigenvalue weighted by atomic mass is 9.96. The summed E-state index contributed by atoms with van der Waals surface area (Å²) in [5.41, 5.74) is 4.17. The fourth-order valence-electron chi connectivity index (χ4n) is 3.51. The molecule has 0 saturated heterocycles. The van der Waals surface area contributed by atoms with E-state index in [1.807, 2.05) is 60.8 Å². The Hall–Kier alpha value is -3.50. The summed E-state index contributed by atoms with van der Waals surface area (Å²) in [7, 11) is 0. The second kappa shape index (κ2) is 9.33. The Bertz CT molecular complexity index is 1120. The van der Waals surface area contributed by atoms with E-state index in [0.29, 0.717) is 6.54 Å². The number of anilines is 1. The Kier molecular flexibility index (Phi) is 6.16. The molecule has 0 spiro atoms. The predicted molar refractivity (Wildman–Crippen MR) is 122 cm³/mol. The Labute approximate surface area is 177 Å². The number of fused-ring (bicyclic) bond motifs is 1. The van der Waals surface area contributed by atoms with Crippen LogP contribution in [0.5, 0.6) is 0 Å². The lowest BCUT2D eigenvalue weighted by Crippen LogP contribution is -2.30. The molecule has 0 bridgehead atoms. The van der Waals surface area contributed by atoms with Crippen LogP contribution in [0.2, 0.25) is 0 Å². The number of hydrogen-bond acceptors (Lipinski definition) is 3. The van der Waals surface area contributed by atoms with Crippen LogP contribution in [0.1, 0.15) is 22.6 Å². The number of pyridine rings is 1. The Morgan fingerprint density at radius 1 is 0.933 bits per heavy atom. The van der Waals surface area contributed by atoms with Crippen molar-refractivity contribution in [2.24, 2.45) is 0 Å². The second-order valence-electron chi connectivity index (χ2n) is 7.51. The number of carbonyl (C=O) groups is 1. The number of nitrogens with one attached hydrogen (secondary N) is 2. The SMILES string of the molecule is Cc1ccc(C(CNCc2ccccc2)C(=O)Nc2ccc3cnccc3c2)cc1. The van der Waals surface area contributed by atoms with Gasteiger partial charge in [0.25, 0.3) is 0 Å². The molecule has 0 fully saturated rings. The number of amides is 1. The Morgan fingerprint density at radius 3 is 2.53 bits per heavy atom. The molecule has 0 saturated carbocycles. The van der Waals surface area contributed by atoms with E-state index in [1.165, 1.54) is 11.1 Å². The van der Waals surface area contributed by atoms with Crippen molar-refractivity contribution in [3.8, 4) is 0 Å². The van der Waals surface area contributed by atoms with Crippen LogP contribution in [0, 0.1) is 6.92 Å². The number of rotatable bonds is 7. The summed E-state index contributed by atoms with van der Waals surface area (Å²) in [5, 5.41) is 8.64. The highest BCUT2D eigenvalue weighted by atomic mass is 16.1. The number of carbonyl (C=O) groups excluding carboxylic acids is 1. The molecule has 3 aromatic carbocycles. The largest absolute Gasteiger partial charge is 0.325 e. The maximum atomic E-state index is 13.2. The standard InChI is InChI=1S/C26H25N3O/c1-19-7-9-21(10-8-19)25(18-28-16-20-5-3-2-4-6-20)26(30)29-24-12-11-23-17-27-14-13-22(23)15-24/h2-15,17,25,28H,16,18H2,1H3,(H,29,30). The van der Waals surface area contributed by atoms with Crippen molar-refractivity contribution in [1.82, 2.24) is 10.3 Å². The molecule has 4 heteroatoms. The minimum atomic E-state index is -0.289. The smallest absolute Gasteiger partial charge is 0.233 e. The van der Waals surface area contributed by atoms with Crippen LogP contribution in [0.4, 0.5) is 5.69 Å². The first kappa shape index (κ1) is 19.8. The molecule has 4 nitrogen and oxygen atoms in total. The molecule has 4 rings (SSSR count). The van der Waals surface area contributed by atoms with Crippen LogP contribution in [0.25, 0.3) is 10.8 Å². The molecule has 0 aliphatic carbocycles. The van der Waals surface area contributed by atoms with Crippen molar-refractivity contribution >= 4 is 22.4 Å². The zero-order valence-electron chi connectivity index (χ0n) is 17.0. The summed E-state index contributed by atoms with van der Waals surface area (Å²) in [4.78, 5) is 17.4. The normalized spacial score (nSPS) is 11.9. The molecule has 1 unspecified atom stereocenters. The number of aryl methyl sites for hydroxylation is 1. The zero-order chi connectivity index (χ0) is 20.8. The molecule has 0 aliphatic rings. The number of aromatic nitrogens is 1. The van der Waals surface area contributed by atoms with Crippen LogP contribution in [0.15, 0.2) is 91.3 Å². The highest BCUT2D eigenvalue weighted by Gasteiger charge is 2.20. The summed E-state index contributed by atoms with van der Waals surface area (Å²) in [6.07, 6.45) is 3.58. The number of nitrogens with zero attached hydrogens (tertiary/aromatic N) is 1. The maximum Gasteiger partial charge on any atom is 0.233 e. The number of hydrogen-bond donors (Lipinski definition) is 2. The van der Waals surface area contributed by atoms with Gasteiger partial charge in [0.1, 0.15) is 0 Å². The lowest BCUT2D eigenvalue weighted by Gasteiger charge is -2.19. The molecular formula is C26H25N3O. The van der Waals surface area contributed by atoms with E-state index < -0.39 is 0 Å². The van der Waals surface area contributed by atoms with E-state index in [0.717, 1.165) is 28.6 Å². The molecule has 150 valence electrons. The monoisotopic (exact) mass is 395 g/mol. The van der Waals surface area contributed by atoms with Crippen molar-refractivity contribution < 1.29 is 4.79 Å². The van der Waals surface area contributed by atoms with Crippen molar-refractivity contribution in [2.45, 2.75) is 19.4 Å². The third kappa shape index (κ3) is 4.91. The fraction of sp³-hybridized carbons (Fsp3) is 0.154. The first-order valence-corrected chi connectivity index (χ1v) is 10.1. The highest BCUT2D eigenvalue weighted by molar-refractivity contribution is 5.98. The van der Waals surface area contributed by atoms with Gasteiger partial charge in [-0.1, -0.05) is 66.2 Å². The summed E-state index contributed by atoms with van der Waals surface area (Å²) in [5.74, 6) is -0.310. The first-order valence-electron chi connectivity index (χ1n) is 10.1. The molecule has 30 heavy (non-hydrogen) atoms. The molecular weight excluding hydrogens is 370 g/mol. The number of benzene rings is 3. The van der Waals surface area contributed by atoms with Gasteiger partial charge < -0.3 is 10.6 Å². The first-order chi connectivity index (χ1) is 14.7. The molecule has 1 heterocycles. The lowest BCUT2D eigenvalue weighted by molar-refractivity contribution is -0.117. The summed E-state index contributed by atoms with van der Waals surface area (Å²) >= 11 is 0. The minimum Gasteiger partial charge on any atom is -0.325 e. The van der Waals surface area contributed by atoms with Gasteiger partial charge in [-0.25, -0.2) is 0 Å². The van der Waals surface area contributed by atoms with E-state index in [1.54, 1.807) is 6.20 Å². The third-order valence-electron chi connectivity index (χ3n) is 5.22. The van der Waals surface area contributed by atoms with Gasteiger partial charge in [-0.2, -0.15) is 0 Å². The summed E-state index contributed by atoms with van der Waals surface area (Å²) in [6, 6.07) is 26.2. The van der Waals surface area contributed by atoms with Crippen LogP contribution >= 0.6 is 0 Å². The van der Waals surface area contributed by atoms with Gasteiger partial charge >= 0.3 is 0 Å². The van der Waals surface area contributed by atoms with Crippen LogP contribution in [-0.2, 0) is 11.3 Å². The van der Waals surface area contributed by atoms with E-state index in [4.69, 9.17) is 0 Å². The Balaban J connectivity index is 1.51. The summed E-state index contributed by atoms with van der Waals surface area (Å²) < 4.78 is 0. The van der Waals surface area contributed by atoms with Gasteiger partial charge in [-0.05, 0) is 41.6 Å².